The maximum Gasteiger partial charge on any atom is 0.416 e. The molecule has 1 aromatic rings. The van der Waals surface area contributed by atoms with Crippen LogP contribution in [-0.2, 0) is 9.47 Å². The highest BCUT2D eigenvalue weighted by Crippen LogP contribution is 2.37. The lowest BCUT2D eigenvalue weighted by atomic mass is 10.00. The number of ether oxygens (including phenoxy) is 2. The van der Waals surface area contributed by atoms with Crippen molar-refractivity contribution in [2.24, 2.45) is 5.73 Å². The molecule has 0 saturated carbocycles. The van der Waals surface area contributed by atoms with E-state index in [-0.39, 0.29) is 18.7 Å². The number of benzene rings is 1. The van der Waals surface area contributed by atoms with E-state index >= 15 is 0 Å². The molecule has 0 fully saturated rings. The summed E-state index contributed by atoms with van der Waals surface area (Å²) in [6.07, 6.45) is -10.9. The van der Waals surface area contributed by atoms with Crippen LogP contribution in [-0.4, -0.2) is 37.9 Å². The second-order valence-corrected chi connectivity index (χ2v) is 7.32. The number of hydrogen-bond acceptors (Lipinski definition) is 3. The molecule has 32 heavy (non-hydrogen) atoms. The van der Waals surface area contributed by atoms with Crippen molar-refractivity contribution in [2.45, 2.75) is 50.9 Å². The zero-order chi connectivity index (χ0) is 24.1. The minimum absolute atomic E-state index is 0.0410. The lowest BCUT2D eigenvalue weighted by molar-refractivity contribution is -0.167. The fourth-order valence-corrected chi connectivity index (χ4v) is 3.08. The number of allylic oxidation sites excluding steroid dienone is 4. The molecule has 0 aromatic heterocycles. The van der Waals surface area contributed by atoms with Crippen LogP contribution in [0.2, 0.25) is 0 Å². The first-order valence-corrected chi connectivity index (χ1v) is 9.82. The second kappa shape index (κ2) is 10.6. The van der Waals surface area contributed by atoms with Crippen LogP contribution >= 0.6 is 0 Å². The molecular weight excluding hydrogens is 443 g/mol. The van der Waals surface area contributed by atoms with Gasteiger partial charge in [0.15, 0.2) is 6.29 Å². The van der Waals surface area contributed by atoms with E-state index in [4.69, 9.17) is 15.2 Å². The molecule has 3 nitrogen and oxygen atoms in total. The fourth-order valence-electron chi connectivity index (χ4n) is 3.08. The zero-order valence-corrected chi connectivity index (χ0v) is 17.4. The van der Waals surface area contributed by atoms with Crippen molar-refractivity contribution >= 4 is 0 Å². The summed E-state index contributed by atoms with van der Waals surface area (Å²) >= 11 is 0. The molecular formula is C22H24F7NO2. The van der Waals surface area contributed by atoms with Crippen LogP contribution in [0.5, 0.6) is 0 Å². The van der Waals surface area contributed by atoms with Gasteiger partial charge in [0.2, 0.25) is 0 Å². The van der Waals surface area contributed by atoms with Gasteiger partial charge in [-0.3, -0.25) is 0 Å². The first-order chi connectivity index (χ1) is 14.8. The highest BCUT2D eigenvalue weighted by Gasteiger charge is 2.38. The van der Waals surface area contributed by atoms with Gasteiger partial charge in [0, 0.05) is 18.0 Å². The third-order valence-electron chi connectivity index (χ3n) is 4.91. The molecule has 1 aromatic carbocycles. The van der Waals surface area contributed by atoms with Crippen LogP contribution < -0.4 is 5.73 Å². The van der Waals surface area contributed by atoms with Gasteiger partial charge in [-0.15, -0.1) is 0 Å². The van der Waals surface area contributed by atoms with Crippen molar-refractivity contribution in [3.8, 4) is 0 Å². The Morgan fingerprint density at radius 2 is 1.59 bits per heavy atom. The van der Waals surface area contributed by atoms with Gasteiger partial charge in [-0.1, -0.05) is 25.1 Å². The highest BCUT2D eigenvalue weighted by atomic mass is 19.4. The van der Waals surface area contributed by atoms with E-state index in [9.17, 15) is 30.7 Å². The quantitative estimate of drug-likeness (QED) is 0.380. The summed E-state index contributed by atoms with van der Waals surface area (Å²) in [5, 5.41) is 0. The van der Waals surface area contributed by atoms with E-state index in [0.717, 1.165) is 0 Å². The maximum atomic E-state index is 13.3. The van der Waals surface area contributed by atoms with Crippen LogP contribution in [0.4, 0.5) is 30.7 Å². The Kier molecular flexibility index (Phi) is 8.67. The number of alkyl halides is 6. The Bertz CT molecular complexity index is 855. The van der Waals surface area contributed by atoms with E-state index in [1.807, 2.05) is 0 Å². The number of hydrogen-bond donors (Lipinski definition) is 1. The van der Waals surface area contributed by atoms with E-state index < -0.39 is 54.0 Å². The normalized spacial score (nSPS) is 18.2. The predicted molar refractivity (Wildman–Crippen MR) is 105 cm³/mol. The van der Waals surface area contributed by atoms with Gasteiger partial charge in [0.05, 0.1) is 18.3 Å². The Morgan fingerprint density at radius 3 is 2.12 bits per heavy atom. The van der Waals surface area contributed by atoms with Crippen LogP contribution in [0.15, 0.2) is 59.2 Å². The van der Waals surface area contributed by atoms with Gasteiger partial charge in [0.25, 0.3) is 0 Å². The first-order valence-electron chi connectivity index (χ1n) is 9.82. The average molecular weight is 467 g/mol. The second-order valence-electron chi connectivity index (χ2n) is 7.32. The number of rotatable bonds is 8. The van der Waals surface area contributed by atoms with Crippen LogP contribution in [0.25, 0.3) is 0 Å². The Labute approximate surface area is 181 Å². The van der Waals surface area contributed by atoms with E-state index in [2.05, 4.69) is 0 Å². The molecule has 2 rings (SSSR count). The maximum absolute atomic E-state index is 13.3. The molecule has 2 N–H and O–H groups in total. The minimum Gasteiger partial charge on any atom is -0.351 e. The van der Waals surface area contributed by atoms with Gasteiger partial charge in [-0.2, -0.15) is 26.3 Å². The molecule has 0 heterocycles. The van der Waals surface area contributed by atoms with Crippen molar-refractivity contribution in [3.63, 3.8) is 0 Å². The summed E-state index contributed by atoms with van der Waals surface area (Å²) in [4.78, 5) is 0. The lowest BCUT2D eigenvalue weighted by Gasteiger charge is -2.29. The Hall–Kier alpha value is -2.17. The van der Waals surface area contributed by atoms with Crippen LogP contribution in [0, 0.1) is 5.82 Å². The monoisotopic (exact) mass is 467 g/mol. The van der Waals surface area contributed by atoms with Crippen LogP contribution in [0.1, 0.15) is 31.7 Å². The molecule has 1 aliphatic carbocycles. The van der Waals surface area contributed by atoms with Gasteiger partial charge in [-0.25, -0.2) is 4.39 Å². The predicted octanol–water partition coefficient (Wildman–Crippen LogP) is 5.94. The summed E-state index contributed by atoms with van der Waals surface area (Å²) in [6, 6.07) is 5.43. The Balaban J connectivity index is 2.35. The standard InChI is InChI=1S/C22H24F7NO2/c1-13(15-3-7-19(23)8-4-15)20(31-10-9-30)32-14(2)16-11-17(21(24,25)26)5-6-18(12-16)22(27,28)29/h3-5,7-8,11-14,20H,6,9-10,30H2,1-2H3/t13-,14-,20-/m1/s1. The molecule has 0 amide bonds. The molecule has 0 radical (unpaired) electrons. The van der Waals surface area contributed by atoms with E-state index in [1.165, 1.54) is 31.2 Å². The van der Waals surface area contributed by atoms with Crippen molar-refractivity contribution in [1.82, 2.24) is 0 Å². The summed E-state index contributed by atoms with van der Waals surface area (Å²) < 4.78 is 104. The Morgan fingerprint density at radius 1 is 0.969 bits per heavy atom. The molecule has 178 valence electrons. The minimum atomic E-state index is -4.82. The van der Waals surface area contributed by atoms with Crippen LogP contribution in [0.3, 0.4) is 0 Å². The molecule has 0 unspecified atom stereocenters. The van der Waals surface area contributed by atoms with Gasteiger partial charge in [0.1, 0.15) is 5.82 Å². The molecule has 3 atom stereocenters. The molecule has 0 bridgehead atoms. The highest BCUT2D eigenvalue weighted by molar-refractivity contribution is 5.42. The molecule has 1 aliphatic rings. The summed E-state index contributed by atoms with van der Waals surface area (Å²) in [5.74, 6) is -0.978. The average Bonchev–Trinajstić information content (AvgIpc) is 2.94. The van der Waals surface area contributed by atoms with Crippen molar-refractivity contribution in [1.29, 1.82) is 0 Å². The van der Waals surface area contributed by atoms with Gasteiger partial charge < -0.3 is 15.2 Å². The number of halogens is 7. The molecule has 10 heteroatoms. The number of nitrogens with two attached hydrogens (primary N) is 1. The molecule has 0 spiro atoms. The third-order valence-corrected chi connectivity index (χ3v) is 4.91. The SMILES string of the molecule is C[C@H](c1ccc(F)cc1)[C@H](OCCN)O[C@H](C)C1=CC(C(F)(F)F)=CCC(C(F)(F)F)=C1. The largest absolute Gasteiger partial charge is 0.416 e. The summed E-state index contributed by atoms with van der Waals surface area (Å²) in [6.45, 7) is 3.18. The summed E-state index contributed by atoms with van der Waals surface area (Å²) in [7, 11) is 0. The molecule has 0 saturated heterocycles. The summed E-state index contributed by atoms with van der Waals surface area (Å²) in [5.41, 5.74) is 3.45. The zero-order valence-electron chi connectivity index (χ0n) is 17.4. The van der Waals surface area contributed by atoms with Crippen molar-refractivity contribution < 1.29 is 40.2 Å². The smallest absolute Gasteiger partial charge is 0.351 e. The van der Waals surface area contributed by atoms with Crippen molar-refractivity contribution in [2.75, 3.05) is 13.2 Å². The van der Waals surface area contributed by atoms with Gasteiger partial charge >= 0.3 is 12.4 Å². The topological polar surface area (TPSA) is 44.5 Å². The van der Waals surface area contributed by atoms with Gasteiger partial charge in [-0.05, 0) is 48.8 Å². The fraction of sp³-hybridized carbons (Fsp3) is 0.455. The van der Waals surface area contributed by atoms with Crippen molar-refractivity contribution in [3.05, 3.63) is 70.6 Å². The molecule has 0 aliphatic heterocycles. The van der Waals surface area contributed by atoms with E-state index in [1.54, 1.807) is 6.92 Å². The lowest BCUT2D eigenvalue weighted by Crippen LogP contribution is -2.31. The van der Waals surface area contributed by atoms with E-state index in [0.29, 0.717) is 23.8 Å². The third kappa shape index (κ3) is 7.18. The first kappa shape index (κ1) is 26.1.